The van der Waals surface area contributed by atoms with Crippen molar-refractivity contribution in [3.63, 3.8) is 0 Å². The van der Waals surface area contributed by atoms with Crippen LogP contribution in [0.15, 0.2) is 188 Å². The SMILES string of the molecule is C1=CC(c2cc3cc4c(cc3c3c(-c5cccc6ccccc56)cc5cc6c(cc5c23)-c2cccc3cccc-6c23)-c2cccc3cccc-4c23)C2CCC=CC2=C1. The van der Waals surface area contributed by atoms with Crippen LogP contribution in [-0.4, -0.2) is 0 Å². The molecule has 0 saturated carbocycles. The fraction of sp³-hybridized carbons (Fsp3) is 0.0690. The average molecular weight is 733 g/mol. The summed E-state index contributed by atoms with van der Waals surface area (Å²) >= 11 is 0. The highest BCUT2D eigenvalue weighted by Crippen LogP contribution is 2.55. The number of fused-ring (bicyclic) bond motifs is 13. The van der Waals surface area contributed by atoms with Crippen LogP contribution in [-0.2, 0) is 0 Å². The van der Waals surface area contributed by atoms with Crippen molar-refractivity contribution in [2.45, 2.75) is 18.8 Å². The van der Waals surface area contributed by atoms with Crippen molar-refractivity contribution < 1.29 is 0 Å². The van der Waals surface area contributed by atoms with Gasteiger partial charge in [-0.05, 0) is 187 Å². The van der Waals surface area contributed by atoms with E-state index >= 15 is 0 Å². The molecule has 2 atom stereocenters. The maximum absolute atomic E-state index is 2.60. The van der Waals surface area contributed by atoms with Crippen LogP contribution in [0.5, 0.6) is 0 Å². The molecule has 4 aliphatic carbocycles. The van der Waals surface area contributed by atoms with E-state index < -0.39 is 0 Å². The molecule has 0 N–H and O–H groups in total. The van der Waals surface area contributed by atoms with Crippen LogP contribution in [0.4, 0.5) is 0 Å². The molecule has 0 bridgehead atoms. The number of allylic oxidation sites excluding steroid dienone is 6. The lowest BCUT2D eigenvalue weighted by Gasteiger charge is -2.32. The summed E-state index contributed by atoms with van der Waals surface area (Å²) < 4.78 is 0. The van der Waals surface area contributed by atoms with Crippen LogP contribution in [0.25, 0.3) is 120 Å². The van der Waals surface area contributed by atoms with Gasteiger partial charge in [-0.3, -0.25) is 0 Å². The van der Waals surface area contributed by atoms with Crippen molar-refractivity contribution >= 4 is 64.6 Å². The van der Waals surface area contributed by atoms with Gasteiger partial charge in [0, 0.05) is 5.92 Å². The Morgan fingerprint density at radius 1 is 0.379 bits per heavy atom. The predicted octanol–water partition coefficient (Wildman–Crippen LogP) is 16.1. The lowest BCUT2D eigenvalue weighted by molar-refractivity contribution is 0.509. The van der Waals surface area contributed by atoms with Crippen LogP contribution in [0.3, 0.4) is 0 Å². The molecule has 10 aromatic rings. The van der Waals surface area contributed by atoms with E-state index in [4.69, 9.17) is 0 Å². The Hall–Kier alpha value is -7.02. The standard InChI is InChI=1S/C58H36/c1-3-19-39-33(11-1)13-5-21-41(39)53-29-37-27-49-43-23-7-15-35-18-10-26-46(55(35)43)52(49)32-48(37)58-54(42-22-6-14-34-12-2-4-20-40(34)42)30-38-28-50-44-24-8-16-36-17-9-25-45(56(36)44)51(50)31-47(38)57(53)58/h1-3,5-19,21-32,40,42H,4,20H2. The molecule has 0 heterocycles. The third kappa shape index (κ3) is 4.04. The summed E-state index contributed by atoms with van der Waals surface area (Å²) in [7, 11) is 0. The molecule has 4 aliphatic rings. The average Bonchev–Trinajstić information content (AvgIpc) is 3.77. The van der Waals surface area contributed by atoms with Gasteiger partial charge in [0.05, 0.1) is 0 Å². The molecular formula is C58H36. The maximum atomic E-state index is 2.60. The largest absolute Gasteiger partial charge is 0.0842 e. The number of hydrogen-bond acceptors (Lipinski definition) is 0. The first-order valence-electron chi connectivity index (χ1n) is 20.9. The van der Waals surface area contributed by atoms with E-state index in [0.29, 0.717) is 5.92 Å². The quantitative estimate of drug-likeness (QED) is 0.155. The Bertz CT molecular complexity index is 3590. The number of benzene rings is 10. The molecule has 14 rings (SSSR count). The minimum atomic E-state index is 0.255. The van der Waals surface area contributed by atoms with Gasteiger partial charge in [0.2, 0.25) is 0 Å². The third-order valence-electron chi connectivity index (χ3n) is 14.2. The molecule has 0 spiro atoms. The van der Waals surface area contributed by atoms with E-state index in [1.807, 2.05) is 0 Å². The minimum absolute atomic E-state index is 0.255. The molecule has 0 fully saturated rings. The second-order valence-electron chi connectivity index (χ2n) is 17.0. The highest BCUT2D eigenvalue weighted by atomic mass is 14.4. The zero-order valence-corrected chi connectivity index (χ0v) is 31.9. The van der Waals surface area contributed by atoms with Gasteiger partial charge < -0.3 is 0 Å². The van der Waals surface area contributed by atoms with Gasteiger partial charge >= 0.3 is 0 Å². The molecule has 0 aromatic heterocycles. The Morgan fingerprint density at radius 3 is 1.59 bits per heavy atom. The van der Waals surface area contributed by atoms with E-state index in [9.17, 15) is 0 Å². The second-order valence-corrected chi connectivity index (χ2v) is 17.0. The lowest BCUT2D eigenvalue weighted by atomic mass is 9.71. The first-order chi connectivity index (χ1) is 28.8. The number of hydrogen-bond donors (Lipinski definition) is 0. The van der Waals surface area contributed by atoms with Crippen molar-refractivity contribution in [1.29, 1.82) is 0 Å². The molecule has 0 amide bonds. The molecule has 268 valence electrons. The van der Waals surface area contributed by atoms with Crippen LogP contribution in [0, 0.1) is 5.92 Å². The summed E-state index contributed by atoms with van der Waals surface area (Å²) in [4.78, 5) is 0. The van der Waals surface area contributed by atoms with Crippen molar-refractivity contribution in [1.82, 2.24) is 0 Å². The van der Waals surface area contributed by atoms with Gasteiger partial charge in [0.25, 0.3) is 0 Å². The van der Waals surface area contributed by atoms with Crippen LogP contribution in [0.1, 0.15) is 24.3 Å². The Balaban J connectivity index is 1.19. The molecule has 0 aliphatic heterocycles. The number of rotatable bonds is 2. The Morgan fingerprint density at radius 2 is 0.914 bits per heavy atom. The summed E-state index contributed by atoms with van der Waals surface area (Å²) in [6.45, 7) is 0. The normalized spacial score (nSPS) is 17.1. The minimum Gasteiger partial charge on any atom is -0.0842 e. The van der Waals surface area contributed by atoms with E-state index in [2.05, 4.69) is 182 Å². The zero-order valence-electron chi connectivity index (χ0n) is 31.9. The van der Waals surface area contributed by atoms with E-state index in [1.54, 1.807) is 0 Å². The van der Waals surface area contributed by atoms with Gasteiger partial charge in [-0.2, -0.15) is 0 Å². The Labute approximate surface area is 336 Å². The first-order valence-corrected chi connectivity index (χ1v) is 20.9. The smallest absolute Gasteiger partial charge is 0.00965 e. The van der Waals surface area contributed by atoms with Gasteiger partial charge in [-0.1, -0.05) is 146 Å². The van der Waals surface area contributed by atoms with Crippen molar-refractivity contribution in [2.75, 3.05) is 0 Å². The van der Waals surface area contributed by atoms with Crippen LogP contribution >= 0.6 is 0 Å². The fourth-order valence-electron chi connectivity index (χ4n) is 11.7. The predicted molar refractivity (Wildman–Crippen MR) is 248 cm³/mol. The van der Waals surface area contributed by atoms with Gasteiger partial charge in [0.15, 0.2) is 0 Å². The van der Waals surface area contributed by atoms with E-state index in [1.165, 1.54) is 131 Å². The lowest BCUT2D eigenvalue weighted by Crippen LogP contribution is -2.18. The summed E-state index contributed by atoms with van der Waals surface area (Å²) in [5.41, 5.74) is 16.3. The molecular weight excluding hydrogens is 697 g/mol. The molecule has 2 unspecified atom stereocenters. The maximum Gasteiger partial charge on any atom is 0.00965 e. The zero-order chi connectivity index (χ0) is 37.6. The highest BCUT2D eigenvalue weighted by molar-refractivity contribution is 6.30. The molecule has 58 heavy (non-hydrogen) atoms. The van der Waals surface area contributed by atoms with Gasteiger partial charge in [-0.25, -0.2) is 0 Å². The van der Waals surface area contributed by atoms with E-state index in [0.717, 1.165) is 12.8 Å². The summed E-state index contributed by atoms with van der Waals surface area (Å²) in [6, 6.07) is 58.5. The monoisotopic (exact) mass is 732 g/mol. The Kier molecular flexibility index (Phi) is 6.06. The first kappa shape index (κ1) is 31.1. The molecule has 10 aromatic carbocycles. The molecule has 0 nitrogen and oxygen atoms in total. The molecule has 0 heteroatoms. The van der Waals surface area contributed by atoms with Crippen LogP contribution in [0.2, 0.25) is 0 Å². The van der Waals surface area contributed by atoms with Crippen molar-refractivity contribution in [2.24, 2.45) is 5.92 Å². The summed E-state index contributed by atoms with van der Waals surface area (Å²) in [6.07, 6.45) is 14.2. The van der Waals surface area contributed by atoms with Crippen molar-refractivity contribution in [3.05, 3.63) is 193 Å². The third-order valence-corrected chi connectivity index (χ3v) is 14.2. The highest BCUT2D eigenvalue weighted by Gasteiger charge is 2.32. The summed E-state index contributed by atoms with van der Waals surface area (Å²) in [5.74, 6) is 0.692. The second kappa shape index (κ2) is 11.3. The van der Waals surface area contributed by atoms with E-state index in [-0.39, 0.29) is 5.92 Å². The summed E-state index contributed by atoms with van der Waals surface area (Å²) in [5, 5.41) is 16.0. The van der Waals surface area contributed by atoms with Crippen LogP contribution < -0.4 is 0 Å². The topological polar surface area (TPSA) is 0 Å². The van der Waals surface area contributed by atoms with Gasteiger partial charge in [-0.15, -0.1) is 0 Å². The molecule has 0 radical (unpaired) electrons. The van der Waals surface area contributed by atoms with Crippen molar-refractivity contribution in [3.8, 4) is 55.6 Å². The molecule has 0 saturated heterocycles. The fourth-order valence-corrected chi connectivity index (χ4v) is 11.7. The van der Waals surface area contributed by atoms with Gasteiger partial charge in [0.1, 0.15) is 0 Å².